The van der Waals surface area contributed by atoms with E-state index in [0.717, 1.165) is 9.13 Å². The number of nitrogens with zero attached hydrogens (tertiary/aromatic N) is 2. The van der Waals surface area contributed by atoms with Crippen LogP contribution in [0.3, 0.4) is 0 Å². The van der Waals surface area contributed by atoms with Gasteiger partial charge >= 0.3 is 0 Å². The number of benzene rings is 3. The van der Waals surface area contributed by atoms with Crippen LogP contribution in [-0.2, 0) is 6.61 Å². The molecule has 0 atom stereocenters. The third kappa shape index (κ3) is 5.36. The van der Waals surface area contributed by atoms with E-state index < -0.39 is 4.92 Å². The Balaban J connectivity index is 1.41. The van der Waals surface area contributed by atoms with Crippen molar-refractivity contribution in [1.29, 1.82) is 0 Å². The predicted molar refractivity (Wildman–Crippen MR) is 131 cm³/mol. The molecule has 0 radical (unpaired) electrons. The Morgan fingerprint density at radius 1 is 1.18 bits per heavy atom. The van der Waals surface area contributed by atoms with Crippen molar-refractivity contribution >= 4 is 40.4 Å². The number of ether oxygens (including phenoxy) is 4. The first-order valence-corrected chi connectivity index (χ1v) is 11.0. The van der Waals surface area contributed by atoms with Gasteiger partial charge in [0.2, 0.25) is 6.79 Å². The van der Waals surface area contributed by atoms with Crippen LogP contribution in [0.4, 0.5) is 5.69 Å². The third-order valence-corrected chi connectivity index (χ3v) is 5.60. The van der Waals surface area contributed by atoms with Crippen LogP contribution in [0.2, 0.25) is 0 Å². The van der Waals surface area contributed by atoms with E-state index in [0.29, 0.717) is 34.1 Å². The van der Waals surface area contributed by atoms with Crippen LogP contribution in [0.5, 0.6) is 23.0 Å². The molecule has 0 unspecified atom stereocenters. The number of carbonyl (C=O) groups excluding carboxylic acids is 1. The Hall–Kier alpha value is -3.87. The molecule has 0 spiro atoms. The fourth-order valence-electron chi connectivity index (χ4n) is 3.09. The quantitative estimate of drug-likeness (QED) is 0.184. The fraction of sp³-hybridized carbons (Fsp3) is 0.130. The van der Waals surface area contributed by atoms with Gasteiger partial charge in [-0.1, -0.05) is 0 Å². The average Bonchev–Trinajstić information content (AvgIpc) is 3.31. The lowest BCUT2D eigenvalue weighted by molar-refractivity contribution is -0.384. The summed E-state index contributed by atoms with van der Waals surface area (Å²) < 4.78 is 22.6. The van der Waals surface area contributed by atoms with Crippen molar-refractivity contribution in [3.8, 4) is 23.0 Å². The SMILES string of the molecule is COc1cc(C=NNC(=O)c2ccc3c(c2)OCO3)cc(I)c1OCc1ccc([N+](=O)[O-])cc1. The molecule has 1 aliphatic heterocycles. The monoisotopic (exact) mass is 575 g/mol. The van der Waals surface area contributed by atoms with E-state index in [1.165, 1.54) is 25.5 Å². The van der Waals surface area contributed by atoms with Crippen LogP contribution >= 0.6 is 22.6 Å². The molecule has 174 valence electrons. The Morgan fingerprint density at radius 2 is 1.94 bits per heavy atom. The Bertz CT molecular complexity index is 1260. The summed E-state index contributed by atoms with van der Waals surface area (Å²) in [6.07, 6.45) is 1.50. The molecule has 0 aliphatic carbocycles. The number of amides is 1. The lowest BCUT2D eigenvalue weighted by atomic mass is 10.2. The number of nitrogens with one attached hydrogen (secondary N) is 1. The number of fused-ring (bicyclic) bond motifs is 1. The van der Waals surface area contributed by atoms with Crippen LogP contribution in [0.15, 0.2) is 59.7 Å². The normalized spacial score (nSPS) is 11.9. The molecule has 3 aromatic rings. The van der Waals surface area contributed by atoms with Gasteiger partial charge in [-0.3, -0.25) is 14.9 Å². The standard InChI is InChI=1S/C23H18IN3O7/c1-31-21-9-15(11-25-26-23(28)16-4-7-19-20(10-16)34-13-33-19)8-18(24)22(21)32-12-14-2-5-17(6-3-14)27(29)30/h2-11H,12-13H2,1H3,(H,26,28). The van der Waals surface area contributed by atoms with Crippen molar-refractivity contribution in [3.63, 3.8) is 0 Å². The minimum atomic E-state index is -0.450. The Morgan fingerprint density at radius 3 is 2.68 bits per heavy atom. The molecule has 0 saturated carbocycles. The van der Waals surface area contributed by atoms with Gasteiger partial charge in [0.05, 0.1) is 21.8 Å². The minimum absolute atomic E-state index is 0.0187. The van der Waals surface area contributed by atoms with Crippen LogP contribution in [-0.4, -0.2) is 30.9 Å². The summed E-state index contributed by atoms with van der Waals surface area (Å²) >= 11 is 2.11. The molecule has 4 rings (SSSR count). The maximum Gasteiger partial charge on any atom is 0.271 e. The molecule has 1 aliphatic rings. The summed E-state index contributed by atoms with van der Waals surface area (Å²) in [6, 6.07) is 14.6. The number of nitro groups is 1. The van der Waals surface area contributed by atoms with Gasteiger partial charge in [-0.2, -0.15) is 5.10 Å². The second-order valence-electron chi connectivity index (χ2n) is 7.01. The number of hydrogen-bond acceptors (Lipinski definition) is 8. The zero-order valence-corrected chi connectivity index (χ0v) is 20.0. The predicted octanol–water partition coefficient (Wildman–Crippen LogP) is 4.28. The minimum Gasteiger partial charge on any atom is -0.493 e. The number of carbonyl (C=O) groups is 1. The highest BCUT2D eigenvalue weighted by atomic mass is 127. The van der Waals surface area contributed by atoms with Gasteiger partial charge in [0.15, 0.2) is 23.0 Å². The highest BCUT2D eigenvalue weighted by Gasteiger charge is 2.16. The maximum absolute atomic E-state index is 12.4. The first-order valence-electron chi connectivity index (χ1n) is 9.91. The fourth-order valence-corrected chi connectivity index (χ4v) is 3.87. The lowest BCUT2D eigenvalue weighted by Gasteiger charge is -2.13. The van der Waals surface area contributed by atoms with Gasteiger partial charge in [0, 0.05) is 17.7 Å². The first kappa shape index (κ1) is 23.3. The van der Waals surface area contributed by atoms with Crippen molar-refractivity contribution in [3.05, 3.63) is 85.0 Å². The van der Waals surface area contributed by atoms with Gasteiger partial charge in [-0.25, -0.2) is 5.43 Å². The summed E-state index contributed by atoms with van der Waals surface area (Å²) in [5.74, 6) is 1.73. The number of methoxy groups -OCH3 is 1. The van der Waals surface area contributed by atoms with Crippen molar-refractivity contribution in [1.82, 2.24) is 5.43 Å². The molecular formula is C23H18IN3O7. The van der Waals surface area contributed by atoms with E-state index in [1.54, 1.807) is 36.4 Å². The second-order valence-corrected chi connectivity index (χ2v) is 8.18. The van der Waals surface area contributed by atoms with Gasteiger partial charge in [0.1, 0.15) is 6.61 Å². The van der Waals surface area contributed by atoms with Gasteiger partial charge < -0.3 is 18.9 Å². The molecule has 3 aromatic carbocycles. The van der Waals surface area contributed by atoms with Crippen molar-refractivity contribution in [2.75, 3.05) is 13.9 Å². The molecule has 11 heteroatoms. The zero-order chi connectivity index (χ0) is 24.1. The smallest absolute Gasteiger partial charge is 0.271 e. The van der Waals surface area contributed by atoms with E-state index in [4.69, 9.17) is 18.9 Å². The van der Waals surface area contributed by atoms with Gasteiger partial charge in [0.25, 0.3) is 11.6 Å². The van der Waals surface area contributed by atoms with Gasteiger partial charge in [-0.15, -0.1) is 0 Å². The molecular weight excluding hydrogens is 557 g/mol. The topological polar surface area (TPSA) is 122 Å². The first-order chi connectivity index (χ1) is 16.4. The molecule has 0 fully saturated rings. The number of nitro benzene ring substituents is 1. The van der Waals surface area contributed by atoms with Crippen LogP contribution < -0.4 is 24.4 Å². The van der Waals surface area contributed by atoms with Crippen molar-refractivity contribution in [2.24, 2.45) is 5.10 Å². The molecule has 0 saturated heterocycles. The Kier molecular flexibility index (Phi) is 7.11. The van der Waals surface area contributed by atoms with Crippen molar-refractivity contribution < 1.29 is 28.7 Å². The van der Waals surface area contributed by atoms with Crippen LogP contribution in [0, 0.1) is 13.7 Å². The number of non-ortho nitro benzene ring substituents is 1. The van der Waals surface area contributed by atoms with Crippen molar-refractivity contribution in [2.45, 2.75) is 6.61 Å². The lowest BCUT2D eigenvalue weighted by Crippen LogP contribution is -2.17. The molecule has 10 nitrogen and oxygen atoms in total. The maximum atomic E-state index is 12.4. The van der Waals surface area contributed by atoms with Gasteiger partial charge in [-0.05, 0) is 76.2 Å². The Labute approximate surface area is 207 Å². The molecule has 1 heterocycles. The number of rotatable bonds is 8. The van der Waals surface area contributed by atoms with Crippen LogP contribution in [0.25, 0.3) is 0 Å². The molecule has 0 aromatic heterocycles. The number of halogens is 1. The summed E-state index contributed by atoms with van der Waals surface area (Å²) in [4.78, 5) is 22.7. The molecule has 0 bridgehead atoms. The molecule has 34 heavy (non-hydrogen) atoms. The number of hydrazone groups is 1. The highest BCUT2D eigenvalue weighted by Crippen LogP contribution is 2.34. The largest absolute Gasteiger partial charge is 0.493 e. The summed E-state index contributed by atoms with van der Waals surface area (Å²) in [6.45, 7) is 0.343. The second kappa shape index (κ2) is 10.4. The summed E-state index contributed by atoms with van der Waals surface area (Å²) in [5.41, 5.74) is 4.36. The zero-order valence-electron chi connectivity index (χ0n) is 17.8. The number of hydrogen-bond donors (Lipinski definition) is 1. The summed E-state index contributed by atoms with van der Waals surface area (Å²) in [7, 11) is 1.52. The van der Waals surface area contributed by atoms with E-state index in [-0.39, 0.29) is 25.0 Å². The van der Waals surface area contributed by atoms with E-state index >= 15 is 0 Å². The van der Waals surface area contributed by atoms with E-state index in [2.05, 4.69) is 33.1 Å². The van der Waals surface area contributed by atoms with E-state index in [9.17, 15) is 14.9 Å². The third-order valence-electron chi connectivity index (χ3n) is 4.80. The average molecular weight is 575 g/mol. The molecule has 1 amide bonds. The summed E-state index contributed by atoms with van der Waals surface area (Å²) in [5, 5.41) is 14.8. The van der Waals surface area contributed by atoms with E-state index in [1.807, 2.05) is 6.07 Å². The highest BCUT2D eigenvalue weighted by molar-refractivity contribution is 14.1. The molecule has 1 N–H and O–H groups in total. The van der Waals surface area contributed by atoms with Crippen LogP contribution in [0.1, 0.15) is 21.5 Å².